The van der Waals surface area contributed by atoms with Crippen LogP contribution in [0.25, 0.3) is 0 Å². The molecule has 0 radical (unpaired) electrons. The molecule has 2 N–H and O–H groups in total. The first-order valence-corrected chi connectivity index (χ1v) is 12.1. The maximum absolute atomic E-state index is 13.2. The van der Waals surface area contributed by atoms with E-state index in [4.69, 9.17) is 32.7 Å². The van der Waals surface area contributed by atoms with Gasteiger partial charge in [0.05, 0.1) is 21.0 Å². The number of rotatable bonds is 6. The fourth-order valence-electron chi connectivity index (χ4n) is 2.81. The lowest BCUT2D eigenvalue weighted by molar-refractivity contribution is -0.155. The van der Waals surface area contributed by atoms with Gasteiger partial charge >= 0.3 is 11.9 Å². The predicted octanol–water partition coefficient (Wildman–Crippen LogP) is 5.35. The van der Waals surface area contributed by atoms with E-state index < -0.39 is 44.3 Å². The van der Waals surface area contributed by atoms with Crippen molar-refractivity contribution >= 4 is 50.6 Å². The molecule has 0 aliphatic heterocycles. The molecule has 3 aromatic carbocycles. The molecule has 0 heterocycles. The lowest BCUT2D eigenvalue weighted by Gasteiger charge is -2.14. The van der Waals surface area contributed by atoms with Gasteiger partial charge in [0.15, 0.2) is 5.75 Å². The van der Waals surface area contributed by atoms with Crippen molar-refractivity contribution in [1.29, 1.82) is 0 Å². The summed E-state index contributed by atoms with van der Waals surface area (Å²) in [5, 5.41) is 12.3. The number of ether oxygens (including phenoxy) is 2. The van der Waals surface area contributed by atoms with Gasteiger partial charge in [-0.25, -0.2) is 17.6 Å². The van der Waals surface area contributed by atoms with Gasteiger partial charge < -0.3 is 19.9 Å². The Labute approximate surface area is 210 Å². The van der Waals surface area contributed by atoms with Gasteiger partial charge in [-0.05, 0) is 62.4 Å². The Balaban J connectivity index is 1.87. The fourth-order valence-corrected chi connectivity index (χ4v) is 4.74. The molecule has 12 heteroatoms. The van der Waals surface area contributed by atoms with Crippen LogP contribution in [0.2, 0.25) is 10.0 Å². The highest BCUT2D eigenvalue weighted by atomic mass is 35.5. The molecule has 0 atom stereocenters. The Bertz CT molecular complexity index is 1370. The lowest BCUT2D eigenvalue weighted by atomic mass is 10.2. The number of aromatic hydroxyl groups is 1. The minimum Gasteiger partial charge on any atom is -0.507 e. The van der Waals surface area contributed by atoms with Gasteiger partial charge in [-0.1, -0.05) is 23.2 Å². The molecule has 0 bridgehead atoms. The summed E-state index contributed by atoms with van der Waals surface area (Å²) < 4.78 is 49.4. The maximum atomic E-state index is 13.2. The Morgan fingerprint density at radius 2 is 1.60 bits per heavy atom. The van der Waals surface area contributed by atoms with Crippen LogP contribution in [0.4, 0.5) is 10.1 Å². The van der Waals surface area contributed by atoms with Crippen molar-refractivity contribution in [1.82, 2.24) is 0 Å². The monoisotopic (exact) mass is 541 g/mol. The number of amides is 1. The van der Waals surface area contributed by atoms with Gasteiger partial charge in [-0.2, -0.15) is 0 Å². The quantitative estimate of drug-likeness (QED) is 0.245. The number of carbonyl (C=O) groups excluding carboxylic acids is 2. The summed E-state index contributed by atoms with van der Waals surface area (Å²) in [7, 11) is -4.21. The smallest absolute Gasteiger partial charge is 0.397 e. The summed E-state index contributed by atoms with van der Waals surface area (Å²) >= 11 is 12.4. The number of nitrogens with one attached hydrogen (secondary N) is 1. The van der Waals surface area contributed by atoms with Crippen LogP contribution in [0.5, 0.6) is 17.2 Å². The molecule has 0 aromatic heterocycles. The average molecular weight is 542 g/mol. The highest BCUT2D eigenvalue weighted by Gasteiger charge is 2.24. The molecule has 0 unspecified atom stereocenters. The second kappa shape index (κ2) is 10.5. The summed E-state index contributed by atoms with van der Waals surface area (Å²) in [5.41, 5.74) is 0.0864. The van der Waals surface area contributed by atoms with Crippen LogP contribution in [-0.4, -0.2) is 31.5 Å². The number of anilines is 1. The van der Waals surface area contributed by atoms with Crippen molar-refractivity contribution < 1.29 is 37.0 Å². The van der Waals surface area contributed by atoms with Gasteiger partial charge in [0.1, 0.15) is 22.2 Å². The zero-order valence-electron chi connectivity index (χ0n) is 18.2. The Morgan fingerprint density at radius 3 is 2.17 bits per heavy atom. The summed E-state index contributed by atoms with van der Waals surface area (Å²) in [6, 6.07) is 10.0. The van der Waals surface area contributed by atoms with Crippen LogP contribution >= 0.6 is 23.2 Å². The summed E-state index contributed by atoms with van der Waals surface area (Å²) in [6.45, 7) is 3.18. The lowest BCUT2D eigenvalue weighted by Crippen LogP contribution is -2.27. The maximum Gasteiger partial charge on any atom is 0.397 e. The molecule has 0 saturated heterocycles. The zero-order valence-corrected chi connectivity index (χ0v) is 20.5. The minimum absolute atomic E-state index is 0.0374. The fraction of sp³-hybridized carbons (Fsp3) is 0.130. The van der Waals surface area contributed by atoms with E-state index in [9.17, 15) is 27.5 Å². The van der Waals surface area contributed by atoms with Gasteiger partial charge in [-0.15, -0.1) is 0 Å². The van der Waals surface area contributed by atoms with E-state index in [1.54, 1.807) is 13.8 Å². The van der Waals surface area contributed by atoms with E-state index in [0.29, 0.717) is 0 Å². The SMILES string of the molecule is CC(C)OC(=O)C(=O)Nc1cc(Cl)c(Oc2ccc(O)c(S(=O)(=O)c3ccc(F)cc3)c2)c(Cl)c1. The number of halogens is 3. The number of esters is 1. The predicted molar refractivity (Wildman–Crippen MR) is 126 cm³/mol. The molecule has 0 fully saturated rings. The van der Waals surface area contributed by atoms with E-state index in [2.05, 4.69) is 5.32 Å². The normalized spacial score (nSPS) is 11.3. The number of hydrogen-bond acceptors (Lipinski definition) is 7. The van der Waals surface area contributed by atoms with E-state index in [0.717, 1.165) is 36.4 Å². The molecule has 184 valence electrons. The minimum atomic E-state index is -4.21. The third-order valence-corrected chi connectivity index (χ3v) is 6.71. The summed E-state index contributed by atoms with van der Waals surface area (Å²) in [6.07, 6.45) is -0.488. The molecule has 0 aliphatic rings. The van der Waals surface area contributed by atoms with Crippen LogP contribution in [-0.2, 0) is 24.2 Å². The highest BCUT2D eigenvalue weighted by molar-refractivity contribution is 7.91. The van der Waals surface area contributed by atoms with E-state index in [1.807, 2.05) is 0 Å². The standard InChI is InChI=1S/C23H18Cl2FNO7S/c1-12(2)33-23(30)22(29)27-14-9-17(24)21(18(25)10-14)34-15-5-8-19(28)20(11-15)35(31,32)16-6-3-13(26)4-7-16/h3-12,28H,1-2H3,(H,27,29). The highest BCUT2D eigenvalue weighted by Crippen LogP contribution is 2.40. The van der Waals surface area contributed by atoms with Crippen molar-refractivity contribution in [2.75, 3.05) is 5.32 Å². The van der Waals surface area contributed by atoms with Gasteiger partial charge in [-0.3, -0.25) is 4.79 Å². The zero-order chi connectivity index (χ0) is 25.9. The molecule has 1 amide bonds. The molecule has 0 saturated carbocycles. The number of phenolic OH excluding ortho intramolecular Hbond substituents is 1. The second-order valence-electron chi connectivity index (χ2n) is 7.37. The number of carbonyl (C=O) groups is 2. The average Bonchev–Trinajstić information content (AvgIpc) is 2.77. The number of phenols is 1. The van der Waals surface area contributed by atoms with Crippen molar-refractivity contribution in [2.45, 2.75) is 29.7 Å². The molecule has 3 aromatic rings. The van der Waals surface area contributed by atoms with Crippen LogP contribution in [0.1, 0.15) is 13.8 Å². The molecule has 35 heavy (non-hydrogen) atoms. The van der Waals surface area contributed by atoms with Crippen molar-refractivity contribution in [3.05, 3.63) is 70.5 Å². The number of hydrogen-bond donors (Lipinski definition) is 2. The van der Waals surface area contributed by atoms with Crippen molar-refractivity contribution in [3.8, 4) is 17.2 Å². The van der Waals surface area contributed by atoms with Gasteiger partial charge in [0.25, 0.3) is 0 Å². The van der Waals surface area contributed by atoms with Crippen molar-refractivity contribution in [2.24, 2.45) is 0 Å². The molecular weight excluding hydrogens is 524 g/mol. The van der Waals surface area contributed by atoms with Gasteiger partial charge in [0.2, 0.25) is 9.84 Å². The molecule has 0 aliphatic carbocycles. The topological polar surface area (TPSA) is 119 Å². The first-order chi connectivity index (χ1) is 16.4. The Hall–Kier alpha value is -3.34. The molecular formula is C23H18Cl2FNO7S. The second-order valence-corrected chi connectivity index (χ2v) is 10.1. The van der Waals surface area contributed by atoms with E-state index in [-0.39, 0.29) is 32.1 Å². The van der Waals surface area contributed by atoms with Crippen LogP contribution in [0.15, 0.2) is 64.4 Å². The first kappa shape index (κ1) is 26.3. The van der Waals surface area contributed by atoms with Crippen LogP contribution < -0.4 is 10.1 Å². The van der Waals surface area contributed by atoms with Crippen molar-refractivity contribution in [3.63, 3.8) is 0 Å². The van der Waals surface area contributed by atoms with E-state index >= 15 is 0 Å². The number of benzene rings is 3. The third-order valence-electron chi connectivity index (χ3n) is 4.35. The first-order valence-electron chi connectivity index (χ1n) is 9.91. The van der Waals surface area contributed by atoms with Gasteiger partial charge in [0, 0.05) is 11.8 Å². The Kier molecular flexibility index (Phi) is 7.89. The van der Waals surface area contributed by atoms with Crippen LogP contribution in [0, 0.1) is 5.82 Å². The van der Waals surface area contributed by atoms with Crippen LogP contribution in [0.3, 0.4) is 0 Å². The molecule has 0 spiro atoms. The van der Waals surface area contributed by atoms with E-state index in [1.165, 1.54) is 18.2 Å². The largest absolute Gasteiger partial charge is 0.507 e. The summed E-state index contributed by atoms with van der Waals surface area (Å²) in [5.74, 6) is -3.41. The number of sulfone groups is 1. The third kappa shape index (κ3) is 6.21. The summed E-state index contributed by atoms with van der Waals surface area (Å²) in [4.78, 5) is 22.9. The molecule has 8 nitrogen and oxygen atoms in total. The molecule has 3 rings (SSSR count). The Morgan fingerprint density at radius 1 is 1.00 bits per heavy atom.